The topological polar surface area (TPSA) is 48.9 Å². The van der Waals surface area contributed by atoms with Gasteiger partial charge in [0.15, 0.2) is 0 Å². The van der Waals surface area contributed by atoms with Crippen molar-refractivity contribution in [1.29, 1.82) is 0 Å². The minimum atomic E-state index is 0.143. The second-order valence-corrected chi connectivity index (χ2v) is 8.88. The van der Waals surface area contributed by atoms with E-state index in [2.05, 4.69) is 52.0 Å². The molecule has 0 spiro atoms. The third kappa shape index (κ3) is 4.07. The molecule has 3 atom stereocenters. The van der Waals surface area contributed by atoms with Gasteiger partial charge in [-0.3, -0.25) is 9.69 Å². The van der Waals surface area contributed by atoms with Crippen LogP contribution in [0.1, 0.15) is 22.7 Å². The number of fused-ring (bicyclic) bond motifs is 1. The zero-order valence-electron chi connectivity index (χ0n) is 18.4. The first-order valence-electron chi connectivity index (χ1n) is 10.7. The lowest BCUT2D eigenvalue weighted by atomic mass is 9.87. The number of benzene rings is 1. The Balaban J connectivity index is 1.57. The average Bonchev–Trinajstić information content (AvgIpc) is 3.26. The summed E-state index contributed by atoms with van der Waals surface area (Å²) in [5, 5.41) is 0. The third-order valence-corrected chi connectivity index (χ3v) is 6.46. The Morgan fingerprint density at radius 2 is 1.97 bits per heavy atom. The maximum Gasteiger partial charge on any atom is 0.237 e. The fourth-order valence-electron chi connectivity index (χ4n) is 5.17. The maximum atomic E-state index is 13.1. The van der Waals surface area contributed by atoms with Crippen LogP contribution in [0.15, 0.2) is 42.6 Å². The summed E-state index contributed by atoms with van der Waals surface area (Å²) in [6.45, 7) is 6.25. The Labute approximate surface area is 179 Å². The molecule has 0 unspecified atom stereocenters. The molecule has 1 aromatic heterocycles. The van der Waals surface area contributed by atoms with E-state index in [1.54, 1.807) is 13.3 Å². The first-order valence-corrected chi connectivity index (χ1v) is 10.7. The number of hydrogen-bond acceptors (Lipinski definition) is 5. The lowest BCUT2D eigenvalue weighted by Crippen LogP contribution is -2.40. The number of nitrogens with zero attached hydrogens (tertiary/aromatic N) is 4. The molecule has 2 aliphatic heterocycles. The predicted octanol–water partition coefficient (Wildman–Crippen LogP) is 2.59. The summed E-state index contributed by atoms with van der Waals surface area (Å²) in [6, 6.07) is 12.7. The van der Waals surface area contributed by atoms with Crippen LogP contribution < -0.4 is 4.74 Å². The van der Waals surface area contributed by atoms with Gasteiger partial charge in [-0.2, -0.15) is 0 Å². The van der Waals surface area contributed by atoms with E-state index in [-0.39, 0.29) is 11.9 Å². The van der Waals surface area contributed by atoms with Crippen molar-refractivity contribution in [2.24, 2.45) is 11.8 Å². The van der Waals surface area contributed by atoms with Gasteiger partial charge >= 0.3 is 0 Å². The van der Waals surface area contributed by atoms with Crippen molar-refractivity contribution in [3.63, 3.8) is 0 Å². The average molecular weight is 409 g/mol. The van der Waals surface area contributed by atoms with Gasteiger partial charge in [0.25, 0.3) is 0 Å². The molecule has 2 aromatic rings. The van der Waals surface area contributed by atoms with Crippen LogP contribution in [0.4, 0.5) is 0 Å². The van der Waals surface area contributed by atoms with Crippen LogP contribution in [0.25, 0.3) is 0 Å². The first kappa shape index (κ1) is 20.8. The molecule has 0 aliphatic carbocycles. The number of carbonyl (C=O) groups is 1. The van der Waals surface area contributed by atoms with Gasteiger partial charge < -0.3 is 14.5 Å². The molecule has 160 valence electrons. The largest absolute Gasteiger partial charge is 0.481 e. The van der Waals surface area contributed by atoms with Crippen molar-refractivity contribution < 1.29 is 9.53 Å². The van der Waals surface area contributed by atoms with Crippen LogP contribution in [-0.4, -0.2) is 73.0 Å². The highest BCUT2D eigenvalue weighted by molar-refractivity contribution is 5.79. The summed E-state index contributed by atoms with van der Waals surface area (Å²) in [4.78, 5) is 24.0. The van der Waals surface area contributed by atoms with E-state index in [4.69, 9.17) is 4.74 Å². The van der Waals surface area contributed by atoms with E-state index < -0.39 is 0 Å². The number of rotatable bonds is 6. The molecular formula is C24H32N4O2. The molecule has 30 heavy (non-hydrogen) atoms. The molecule has 6 heteroatoms. The van der Waals surface area contributed by atoms with E-state index in [9.17, 15) is 4.79 Å². The number of hydrogen-bond donors (Lipinski definition) is 0. The SMILES string of the molecule is COc1ncccc1CN1C[C@@H]2CN(C(=O)CN(C)C)[C@@H](c3ccccc3C)[C@@H]2C1. The van der Waals surface area contributed by atoms with Gasteiger partial charge in [-0.05, 0) is 44.1 Å². The van der Waals surface area contributed by atoms with Gasteiger partial charge in [0.1, 0.15) is 0 Å². The van der Waals surface area contributed by atoms with Crippen molar-refractivity contribution >= 4 is 5.91 Å². The van der Waals surface area contributed by atoms with Gasteiger partial charge in [0.05, 0.1) is 19.7 Å². The predicted molar refractivity (Wildman–Crippen MR) is 117 cm³/mol. The summed E-state index contributed by atoms with van der Waals surface area (Å²) in [7, 11) is 5.59. The van der Waals surface area contributed by atoms with Crippen LogP contribution >= 0.6 is 0 Å². The van der Waals surface area contributed by atoms with Gasteiger partial charge in [0, 0.05) is 43.9 Å². The lowest BCUT2D eigenvalue weighted by molar-refractivity contribution is -0.133. The number of aromatic nitrogens is 1. The number of likely N-dealkylation sites (tertiary alicyclic amines) is 2. The summed E-state index contributed by atoms with van der Waals surface area (Å²) in [5.41, 5.74) is 3.67. The Kier molecular flexibility index (Phi) is 6.06. The van der Waals surface area contributed by atoms with Gasteiger partial charge in [-0.15, -0.1) is 0 Å². The third-order valence-electron chi connectivity index (χ3n) is 6.46. The molecule has 4 rings (SSSR count). The number of amides is 1. The van der Waals surface area contributed by atoms with Crippen molar-refractivity contribution in [3.8, 4) is 5.88 Å². The normalized spacial score (nSPS) is 23.8. The van der Waals surface area contributed by atoms with E-state index in [1.807, 2.05) is 25.1 Å². The minimum absolute atomic E-state index is 0.143. The maximum absolute atomic E-state index is 13.1. The molecule has 0 saturated carbocycles. The van der Waals surface area contributed by atoms with Crippen LogP contribution in [0.5, 0.6) is 5.88 Å². The molecule has 0 bridgehead atoms. The lowest BCUT2D eigenvalue weighted by Gasteiger charge is -2.31. The Hall–Kier alpha value is -2.44. The molecule has 2 saturated heterocycles. The molecule has 6 nitrogen and oxygen atoms in total. The van der Waals surface area contributed by atoms with E-state index in [1.165, 1.54) is 11.1 Å². The summed E-state index contributed by atoms with van der Waals surface area (Å²) in [5.74, 6) is 1.86. The zero-order valence-corrected chi connectivity index (χ0v) is 18.4. The summed E-state index contributed by atoms with van der Waals surface area (Å²) >= 11 is 0. The fraction of sp³-hybridized carbons (Fsp3) is 0.500. The molecule has 1 aromatic carbocycles. The van der Waals surface area contributed by atoms with Crippen molar-refractivity contribution in [3.05, 3.63) is 59.3 Å². The van der Waals surface area contributed by atoms with Crippen LogP contribution in [0.2, 0.25) is 0 Å². The summed E-state index contributed by atoms with van der Waals surface area (Å²) in [6.07, 6.45) is 1.77. The highest BCUT2D eigenvalue weighted by Crippen LogP contribution is 2.46. The standard InChI is InChI=1S/C24H32N4O2/c1-17-8-5-6-10-20(17)23-21-15-27(12-18-9-7-11-25-24(18)30-4)13-19(21)14-28(23)22(29)16-26(2)3/h5-11,19,21,23H,12-16H2,1-4H3/t19-,21-,23+/m1/s1. The number of methoxy groups -OCH3 is 1. The van der Waals surface area contributed by atoms with Crippen LogP contribution in [0.3, 0.4) is 0 Å². The second kappa shape index (κ2) is 8.74. The molecule has 0 radical (unpaired) electrons. The zero-order chi connectivity index (χ0) is 21.3. The molecule has 2 aliphatic rings. The number of pyridine rings is 1. The smallest absolute Gasteiger partial charge is 0.237 e. The van der Waals surface area contributed by atoms with E-state index >= 15 is 0 Å². The number of ether oxygens (including phenoxy) is 1. The highest BCUT2D eigenvalue weighted by atomic mass is 16.5. The van der Waals surface area contributed by atoms with Gasteiger partial charge in [-0.25, -0.2) is 4.98 Å². The van der Waals surface area contributed by atoms with Gasteiger partial charge in [-0.1, -0.05) is 30.3 Å². The number of likely N-dealkylation sites (N-methyl/N-ethyl adjacent to an activating group) is 1. The number of carbonyl (C=O) groups excluding carboxylic acids is 1. The van der Waals surface area contributed by atoms with E-state index in [0.717, 1.165) is 31.7 Å². The van der Waals surface area contributed by atoms with Gasteiger partial charge in [0.2, 0.25) is 11.8 Å². The second-order valence-electron chi connectivity index (χ2n) is 8.88. The molecular weight excluding hydrogens is 376 g/mol. The van der Waals surface area contributed by atoms with Crippen molar-refractivity contribution in [2.75, 3.05) is 47.4 Å². The molecule has 2 fully saturated rings. The molecule has 3 heterocycles. The van der Waals surface area contributed by atoms with Crippen molar-refractivity contribution in [1.82, 2.24) is 19.7 Å². The highest BCUT2D eigenvalue weighted by Gasteiger charge is 2.49. The fourth-order valence-corrected chi connectivity index (χ4v) is 5.17. The minimum Gasteiger partial charge on any atom is -0.481 e. The van der Waals surface area contributed by atoms with Crippen molar-refractivity contribution in [2.45, 2.75) is 19.5 Å². The quantitative estimate of drug-likeness (QED) is 0.735. The van der Waals surface area contributed by atoms with Crippen LogP contribution in [0, 0.1) is 18.8 Å². The number of aryl methyl sites for hydroxylation is 1. The monoisotopic (exact) mass is 408 g/mol. The molecule has 1 amide bonds. The molecule has 0 N–H and O–H groups in total. The Morgan fingerprint density at radius 3 is 2.70 bits per heavy atom. The summed E-state index contributed by atoms with van der Waals surface area (Å²) < 4.78 is 5.45. The Bertz CT molecular complexity index is 900. The first-order chi connectivity index (χ1) is 14.5. The Morgan fingerprint density at radius 1 is 1.17 bits per heavy atom. The van der Waals surface area contributed by atoms with Crippen LogP contribution in [-0.2, 0) is 11.3 Å². The van der Waals surface area contributed by atoms with E-state index in [0.29, 0.717) is 24.3 Å².